The van der Waals surface area contributed by atoms with E-state index in [9.17, 15) is 14.0 Å². The zero-order valence-electron chi connectivity index (χ0n) is 16.0. The smallest absolute Gasteiger partial charge is 0.293 e. The Morgan fingerprint density at radius 2 is 1.93 bits per heavy atom. The molecule has 152 valence electrons. The highest BCUT2D eigenvalue weighted by Crippen LogP contribution is 2.37. The van der Waals surface area contributed by atoms with Crippen LogP contribution in [0.3, 0.4) is 0 Å². The van der Waals surface area contributed by atoms with E-state index in [1.807, 2.05) is 43.3 Å². The first-order chi connectivity index (χ1) is 14.5. The maximum Gasteiger partial charge on any atom is 0.293 e. The van der Waals surface area contributed by atoms with E-state index < -0.39 is 17.0 Å². The predicted octanol–water partition coefficient (Wildman–Crippen LogP) is 6.27. The summed E-state index contributed by atoms with van der Waals surface area (Å²) in [5.41, 5.74) is 1.25. The van der Waals surface area contributed by atoms with Gasteiger partial charge in [0.2, 0.25) is 0 Å². The number of hydrogen-bond donors (Lipinski definition) is 0. The van der Waals surface area contributed by atoms with Crippen molar-refractivity contribution in [2.45, 2.75) is 13.5 Å². The van der Waals surface area contributed by atoms with Crippen LogP contribution in [0, 0.1) is 5.82 Å². The largest absolute Gasteiger partial charge is 0.493 e. The van der Waals surface area contributed by atoms with E-state index in [1.54, 1.807) is 6.08 Å². The number of imide groups is 1. The summed E-state index contributed by atoms with van der Waals surface area (Å²) in [6.07, 6.45) is 1.70. The van der Waals surface area contributed by atoms with Gasteiger partial charge in [-0.3, -0.25) is 14.5 Å². The van der Waals surface area contributed by atoms with Crippen molar-refractivity contribution >= 4 is 51.4 Å². The molecule has 0 saturated carbocycles. The van der Waals surface area contributed by atoms with Crippen LogP contribution in [0.25, 0.3) is 16.8 Å². The number of carbonyl (C=O) groups excluding carboxylic acids is 2. The maximum atomic E-state index is 13.3. The van der Waals surface area contributed by atoms with E-state index in [1.165, 1.54) is 12.1 Å². The summed E-state index contributed by atoms with van der Waals surface area (Å²) in [5.74, 6) is -0.248. The van der Waals surface area contributed by atoms with Crippen molar-refractivity contribution < 1.29 is 18.7 Å². The molecule has 0 unspecified atom stereocenters. The zero-order chi connectivity index (χ0) is 21.3. The number of nitrogens with zero attached hydrogens (tertiary/aromatic N) is 1. The molecule has 7 heteroatoms. The SMILES string of the molecule is CCOc1ccc2ccccc2c1/C=C1\SC(=O)N(Cc2ccc(F)cc2Cl)C1=O. The topological polar surface area (TPSA) is 46.6 Å². The minimum Gasteiger partial charge on any atom is -0.493 e. The first-order valence-electron chi connectivity index (χ1n) is 9.31. The molecule has 1 aliphatic heterocycles. The Bertz CT molecular complexity index is 1190. The zero-order valence-corrected chi connectivity index (χ0v) is 17.6. The second kappa shape index (κ2) is 8.50. The molecular formula is C23H17ClFNO3S. The van der Waals surface area contributed by atoms with E-state index >= 15 is 0 Å². The van der Waals surface area contributed by atoms with E-state index in [0.717, 1.165) is 39.1 Å². The van der Waals surface area contributed by atoms with Gasteiger partial charge in [-0.15, -0.1) is 0 Å². The molecule has 0 spiro atoms. The number of ether oxygens (including phenoxy) is 1. The van der Waals surface area contributed by atoms with Gasteiger partial charge in [0.15, 0.2) is 0 Å². The van der Waals surface area contributed by atoms with Crippen molar-refractivity contribution in [3.8, 4) is 5.75 Å². The highest BCUT2D eigenvalue weighted by molar-refractivity contribution is 8.18. The van der Waals surface area contributed by atoms with E-state index in [-0.39, 0.29) is 11.6 Å². The van der Waals surface area contributed by atoms with Gasteiger partial charge in [0.25, 0.3) is 11.1 Å². The number of thioether (sulfide) groups is 1. The number of rotatable bonds is 5. The number of hydrogen-bond acceptors (Lipinski definition) is 4. The Kier molecular flexibility index (Phi) is 5.79. The number of fused-ring (bicyclic) bond motifs is 1. The van der Waals surface area contributed by atoms with Crippen molar-refractivity contribution in [1.82, 2.24) is 4.90 Å². The molecule has 0 aliphatic carbocycles. The summed E-state index contributed by atoms with van der Waals surface area (Å²) in [7, 11) is 0. The van der Waals surface area contributed by atoms with Gasteiger partial charge in [-0.1, -0.05) is 48.0 Å². The molecule has 3 aromatic rings. The van der Waals surface area contributed by atoms with Crippen LogP contribution >= 0.6 is 23.4 Å². The summed E-state index contributed by atoms with van der Waals surface area (Å²) >= 11 is 6.93. The Morgan fingerprint density at radius 1 is 1.13 bits per heavy atom. The van der Waals surface area contributed by atoms with Gasteiger partial charge < -0.3 is 4.74 Å². The van der Waals surface area contributed by atoms with Gasteiger partial charge in [-0.2, -0.15) is 0 Å². The molecule has 0 radical (unpaired) electrons. The van der Waals surface area contributed by atoms with Crippen LogP contribution in [0.2, 0.25) is 5.02 Å². The number of amides is 2. The van der Waals surface area contributed by atoms with Crippen molar-refractivity contribution in [3.63, 3.8) is 0 Å². The number of halogens is 2. The molecule has 0 atom stereocenters. The Labute approximate surface area is 182 Å². The van der Waals surface area contributed by atoms with Crippen molar-refractivity contribution in [2.75, 3.05) is 6.61 Å². The average molecular weight is 442 g/mol. The van der Waals surface area contributed by atoms with Gasteiger partial charge in [-0.25, -0.2) is 4.39 Å². The first-order valence-corrected chi connectivity index (χ1v) is 10.5. The van der Waals surface area contributed by atoms with Gasteiger partial charge in [0.05, 0.1) is 18.1 Å². The minimum atomic E-state index is -0.475. The summed E-state index contributed by atoms with van der Waals surface area (Å²) < 4.78 is 19.0. The van der Waals surface area contributed by atoms with Crippen molar-refractivity contribution in [3.05, 3.63) is 81.5 Å². The third-order valence-electron chi connectivity index (χ3n) is 4.72. The molecule has 4 nitrogen and oxygen atoms in total. The quantitative estimate of drug-likeness (QED) is 0.438. The van der Waals surface area contributed by atoms with Crippen LogP contribution in [0.5, 0.6) is 5.75 Å². The molecule has 1 saturated heterocycles. The molecule has 3 aromatic carbocycles. The normalized spacial score (nSPS) is 15.4. The fourth-order valence-corrected chi connectivity index (χ4v) is 4.34. The van der Waals surface area contributed by atoms with Crippen LogP contribution in [0.4, 0.5) is 9.18 Å². The first kappa shape index (κ1) is 20.4. The molecular weight excluding hydrogens is 425 g/mol. The third-order valence-corrected chi connectivity index (χ3v) is 5.98. The van der Waals surface area contributed by atoms with E-state index in [4.69, 9.17) is 16.3 Å². The van der Waals surface area contributed by atoms with Crippen molar-refractivity contribution in [2.24, 2.45) is 0 Å². The summed E-state index contributed by atoms with van der Waals surface area (Å²) in [5, 5.41) is 1.71. The Morgan fingerprint density at radius 3 is 2.70 bits per heavy atom. The second-order valence-electron chi connectivity index (χ2n) is 6.64. The van der Waals surface area contributed by atoms with Gasteiger partial charge in [0, 0.05) is 10.6 Å². The predicted molar refractivity (Wildman–Crippen MR) is 118 cm³/mol. The lowest BCUT2D eigenvalue weighted by molar-refractivity contribution is -0.123. The molecule has 0 bridgehead atoms. The lowest BCUT2D eigenvalue weighted by atomic mass is 10.0. The van der Waals surface area contributed by atoms with Crippen LogP contribution in [0.15, 0.2) is 59.5 Å². The molecule has 0 N–H and O–H groups in total. The molecule has 2 amide bonds. The fourth-order valence-electron chi connectivity index (χ4n) is 3.29. The summed E-state index contributed by atoms with van der Waals surface area (Å²) in [6.45, 7) is 2.35. The highest BCUT2D eigenvalue weighted by Gasteiger charge is 2.35. The molecule has 4 rings (SSSR count). The lowest BCUT2D eigenvalue weighted by Crippen LogP contribution is -2.27. The average Bonchev–Trinajstić information content (AvgIpc) is 2.99. The van der Waals surface area contributed by atoms with Gasteiger partial charge in [-0.05, 0) is 59.3 Å². The fraction of sp³-hybridized carbons (Fsp3) is 0.130. The standard InChI is InChI=1S/C23H17ClFNO3S/c1-2-29-20-10-8-14-5-3-4-6-17(14)18(20)12-21-22(27)26(23(28)30-21)13-15-7-9-16(25)11-19(15)24/h3-12H,2,13H2,1H3/b21-12-. The van der Waals surface area contributed by atoms with Crippen LogP contribution < -0.4 is 4.74 Å². The summed E-state index contributed by atoms with van der Waals surface area (Å²) in [4.78, 5) is 26.9. The van der Waals surface area contributed by atoms with E-state index in [2.05, 4.69) is 0 Å². The molecule has 1 fully saturated rings. The Balaban J connectivity index is 1.71. The minimum absolute atomic E-state index is 0.0189. The van der Waals surface area contributed by atoms with E-state index in [0.29, 0.717) is 22.8 Å². The monoisotopic (exact) mass is 441 g/mol. The van der Waals surface area contributed by atoms with Crippen LogP contribution in [0.1, 0.15) is 18.1 Å². The highest BCUT2D eigenvalue weighted by atomic mass is 35.5. The summed E-state index contributed by atoms with van der Waals surface area (Å²) in [6, 6.07) is 15.5. The number of carbonyl (C=O) groups is 2. The molecule has 1 heterocycles. The van der Waals surface area contributed by atoms with Crippen LogP contribution in [-0.2, 0) is 11.3 Å². The number of benzene rings is 3. The van der Waals surface area contributed by atoms with Gasteiger partial charge >= 0.3 is 0 Å². The van der Waals surface area contributed by atoms with Gasteiger partial charge in [0.1, 0.15) is 11.6 Å². The second-order valence-corrected chi connectivity index (χ2v) is 8.04. The molecule has 0 aromatic heterocycles. The maximum absolute atomic E-state index is 13.3. The van der Waals surface area contributed by atoms with Crippen molar-refractivity contribution in [1.29, 1.82) is 0 Å². The Hall–Kier alpha value is -2.83. The van der Waals surface area contributed by atoms with Crippen LogP contribution in [-0.4, -0.2) is 22.7 Å². The molecule has 30 heavy (non-hydrogen) atoms. The third kappa shape index (κ3) is 3.93. The molecule has 1 aliphatic rings. The lowest BCUT2D eigenvalue weighted by Gasteiger charge is -2.14.